The summed E-state index contributed by atoms with van der Waals surface area (Å²) in [5.74, 6) is -0.537. The third kappa shape index (κ3) is 4.47. The lowest BCUT2D eigenvalue weighted by Gasteiger charge is -2.34. The Morgan fingerprint density at radius 3 is 2.32 bits per heavy atom. The molecule has 6 nitrogen and oxygen atoms in total. The van der Waals surface area contributed by atoms with Gasteiger partial charge in [-0.1, -0.05) is 57.5 Å². The number of esters is 1. The molecule has 31 heavy (non-hydrogen) atoms. The van der Waals surface area contributed by atoms with Crippen LogP contribution in [0.15, 0.2) is 53.6 Å². The molecule has 2 aromatic carbocycles. The van der Waals surface area contributed by atoms with Gasteiger partial charge in [0.1, 0.15) is 13.6 Å². The van der Waals surface area contributed by atoms with Crippen molar-refractivity contribution in [3.63, 3.8) is 0 Å². The minimum absolute atomic E-state index is 0.00959. The summed E-state index contributed by atoms with van der Waals surface area (Å²) in [6.07, 6.45) is 1.88. The highest BCUT2D eigenvalue weighted by Crippen LogP contribution is 2.48. The minimum Gasteiger partial charge on any atom is -0.780 e. The second-order valence-corrected chi connectivity index (χ2v) is 9.29. The average molecular weight is 442 g/mol. The first-order valence-electron chi connectivity index (χ1n) is 10.4. The molecule has 0 aromatic heterocycles. The number of ether oxygens (including phenoxy) is 1. The van der Waals surface area contributed by atoms with Crippen molar-refractivity contribution in [2.75, 3.05) is 0 Å². The number of rotatable bonds is 7. The molecule has 3 rings (SSSR count). The highest BCUT2D eigenvalue weighted by molar-refractivity contribution is 7.43. The number of phosphoric acid groups is 1. The van der Waals surface area contributed by atoms with Gasteiger partial charge in [-0.2, -0.15) is 0 Å². The Bertz CT molecular complexity index is 1080. The van der Waals surface area contributed by atoms with Gasteiger partial charge in [0.05, 0.1) is 0 Å². The number of carbonyl (C=O) groups is 1. The van der Waals surface area contributed by atoms with E-state index in [0.29, 0.717) is 16.7 Å². The van der Waals surface area contributed by atoms with E-state index in [-0.39, 0.29) is 11.7 Å². The van der Waals surface area contributed by atoms with Crippen molar-refractivity contribution in [2.24, 2.45) is 0 Å². The standard InChI is InChI=1S/C24H29O6P/c1-6-8-18-9-7-10-19(13-18)24(17(5)16(4)23(25)29-24)20-11-12-22(30-31(26,27)28)21(14-20)15(2)3/h7,9-15H,6,8H2,1-5H3,(H2,26,27,28)/p-2. The van der Waals surface area contributed by atoms with Crippen molar-refractivity contribution in [2.45, 2.75) is 59.0 Å². The molecule has 0 bridgehead atoms. The summed E-state index contributed by atoms with van der Waals surface area (Å²) in [6, 6.07) is 12.8. The number of aryl methyl sites for hydroxylation is 1. The Morgan fingerprint density at radius 2 is 1.77 bits per heavy atom. The average Bonchev–Trinajstić information content (AvgIpc) is 2.92. The Labute approximate surface area is 183 Å². The van der Waals surface area contributed by atoms with Gasteiger partial charge in [0.25, 0.3) is 0 Å². The van der Waals surface area contributed by atoms with Gasteiger partial charge < -0.3 is 23.6 Å². The molecular weight excluding hydrogens is 415 g/mol. The topological polar surface area (TPSA) is 98.7 Å². The summed E-state index contributed by atoms with van der Waals surface area (Å²) in [5, 5.41) is 0. The number of phosphoric ester groups is 1. The maximum Gasteiger partial charge on any atom is 0.335 e. The molecule has 0 amide bonds. The van der Waals surface area contributed by atoms with Crippen LogP contribution in [0.5, 0.6) is 5.75 Å². The van der Waals surface area contributed by atoms with Crippen molar-refractivity contribution in [3.05, 3.63) is 75.9 Å². The number of benzene rings is 2. The first-order valence-corrected chi connectivity index (χ1v) is 11.8. The van der Waals surface area contributed by atoms with Gasteiger partial charge in [-0.25, -0.2) is 4.79 Å². The van der Waals surface area contributed by atoms with E-state index in [0.717, 1.165) is 29.5 Å². The molecule has 166 valence electrons. The molecule has 0 fully saturated rings. The lowest BCUT2D eigenvalue weighted by atomic mass is 9.78. The first kappa shape index (κ1) is 23.3. The number of carbonyl (C=O) groups excluding carboxylic acids is 1. The highest BCUT2D eigenvalue weighted by atomic mass is 31.2. The molecule has 7 heteroatoms. The monoisotopic (exact) mass is 442 g/mol. The molecule has 1 unspecified atom stereocenters. The smallest absolute Gasteiger partial charge is 0.335 e. The molecule has 0 saturated carbocycles. The van der Waals surface area contributed by atoms with Gasteiger partial charge in [0.2, 0.25) is 0 Å². The van der Waals surface area contributed by atoms with Gasteiger partial charge in [-0.05, 0) is 55.0 Å². The van der Waals surface area contributed by atoms with E-state index in [4.69, 9.17) is 9.26 Å². The molecular formula is C24H27O6P-2. The van der Waals surface area contributed by atoms with Crippen LogP contribution in [0.3, 0.4) is 0 Å². The molecule has 0 aliphatic carbocycles. The van der Waals surface area contributed by atoms with Crippen LogP contribution < -0.4 is 14.3 Å². The Balaban J connectivity index is 2.25. The fraction of sp³-hybridized carbons (Fsp3) is 0.375. The summed E-state index contributed by atoms with van der Waals surface area (Å²) in [5.41, 5.74) is 3.35. The zero-order valence-electron chi connectivity index (χ0n) is 18.4. The first-order chi connectivity index (χ1) is 14.5. The van der Waals surface area contributed by atoms with Gasteiger partial charge in [0, 0.05) is 16.7 Å². The fourth-order valence-corrected chi connectivity index (χ4v) is 4.49. The van der Waals surface area contributed by atoms with Crippen LogP contribution in [0.4, 0.5) is 0 Å². The molecule has 0 saturated heterocycles. The Morgan fingerprint density at radius 1 is 1.10 bits per heavy atom. The predicted octanol–water partition coefficient (Wildman–Crippen LogP) is 4.11. The van der Waals surface area contributed by atoms with E-state index >= 15 is 0 Å². The zero-order valence-corrected chi connectivity index (χ0v) is 19.3. The van der Waals surface area contributed by atoms with Gasteiger partial charge in [0.15, 0.2) is 5.60 Å². The molecule has 1 aliphatic heterocycles. The molecule has 0 N–H and O–H groups in total. The van der Waals surface area contributed by atoms with Crippen molar-refractivity contribution < 1.29 is 28.4 Å². The Kier molecular flexibility index (Phi) is 6.47. The number of cyclic esters (lactones) is 1. The van der Waals surface area contributed by atoms with Crippen molar-refractivity contribution in [3.8, 4) is 5.75 Å². The van der Waals surface area contributed by atoms with Crippen LogP contribution in [0.25, 0.3) is 0 Å². The largest absolute Gasteiger partial charge is 0.780 e. The second-order valence-electron chi connectivity index (χ2n) is 8.22. The van der Waals surface area contributed by atoms with Crippen LogP contribution >= 0.6 is 7.82 Å². The molecule has 1 aliphatic rings. The van der Waals surface area contributed by atoms with E-state index in [9.17, 15) is 19.1 Å². The maximum absolute atomic E-state index is 12.6. The molecule has 1 heterocycles. The highest BCUT2D eigenvalue weighted by Gasteiger charge is 2.47. The molecule has 2 aromatic rings. The number of hydrogen-bond acceptors (Lipinski definition) is 6. The van der Waals surface area contributed by atoms with E-state index in [1.165, 1.54) is 6.07 Å². The second kappa shape index (κ2) is 8.62. The van der Waals surface area contributed by atoms with E-state index in [2.05, 4.69) is 6.92 Å². The number of hydrogen-bond donors (Lipinski definition) is 0. The van der Waals surface area contributed by atoms with Gasteiger partial charge in [-0.3, -0.25) is 0 Å². The van der Waals surface area contributed by atoms with E-state index in [1.807, 2.05) is 45.0 Å². The molecule has 1 atom stereocenters. The molecule has 0 spiro atoms. The van der Waals surface area contributed by atoms with Gasteiger partial charge >= 0.3 is 5.97 Å². The quantitative estimate of drug-likeness (QED) is 0.473. The summed E-state index contributed by atoms with van der Waals surface area (Å²) >= 11 is 0. The summed E-state index contributed by atoms with van der Waals surface area (Å²) in [7, 11) is -5.21. The lowest BCUT2D eigenvalue weighted by molar-refractivity contribution is -0.333. The van der Waals surface area contributed by atoms with Crippen molar-refractivity contribution >= 4 is 13.8 Å². The zero-order chi connectivity index (χ0) is 23.0. The minimum atomic E-state index is -5.21. The lowest BCUT2D eigenvalue weighted by Crippen LogP contribution is -2.30. The fourth-order valence-electron chi connectivity index (χ4n) is 4.08. The van der Waals surface area contributed by atoms with Crippen LogP contribution in [-0.2, 0) is 26.1 Å². The third-order valence-electron chi connectivity index (χ3n) is 5.76. The van der Waals surface area contributed by atoms with Crippen molar-refractivity contribution in [1.29, 1.82) is 0 Å². The SMILES string of the molecule is CCCc1cccc(C2(c3ccc(OP(=O)([O-])[O-])c(C(C)C)c3)OC(=O)C(C)=C2C)c1. The van der Waals surface area contributed by atoms with Crippen LogP contribution in [0.2, 0.25) is 0 Å². The van der Waals surface area contributed by atoms with Crippen LogP contribution in [-0.4, -0.2) is 5.97 Å². The Hall–Kier alpha value is -2.40. The predicted molar refractivity (Wildman–Crippen MR) is 114 cm³/mol. The summed E-state index contributed by atoms with van der Waals surface area (Å²) in [4.78, 5) is 35.0. The maximum atomic E-state index is 12.6. The van der Waals surface area contributed by atoms with E-state index in [1.54, 1.807) is 19.1 Å². The molecule has 0 radical (unpaired) electrons. The van der Waals surface area contributed by atoms with Gasteiger partial charge in [-0.15, -0.1) is 0 Å². The van der Waals surface area contributed by atoms with Crippen LogP contribution in [0, 0.1) is 0 Å². The summed E-state index contributed by atoms with van der Waals surface area (Å²) < 4.78 is 21.9. The third-order valence-corrected chi connectivity index (χ3v) is 6.18. The van der Waals surface area contributed by atoms with E-state index < -0.39 is 19.4 Å². The van der Waals surface area contributed by atoms with Crippen molar-refractivity contribution in [1.82, 2.24) is 0 Å². The summed E-state index contributed by atoms with van der Waals surface area (Å²) in [6.45, 7) is 9.45. The normalized spacial score (nSPS) is 19.2. The van der Waals surface area contributed by atoms with Crippen LogP contribution in [0.1, 0.15) is 69.2 Å².